The number of benzene rings is 3. The summed E-state index contributed by atoms with van der Waals surface area (Å²) in [6.07, 6.45) is -5.10. The van der Waals surface area contributed by atoms with Crippen molar-refractivity contribution in [1.29, 1.82) is 0 Å². The van der Waals surface area contributed by atoms with Crippen molar-refractivity contribution in [3.63, 3.8) is 0 Å². The number of ether oxygens (including phenoxy) is 1. The molecule has 8 heteroatoms. The molecule has 1 aliphatic rings. The highest BCUT2D eigenvalue weighted by Gasteiger charge is 2.52. The Bertz CT molecular complexity index is 1000. The number of halogens is 3. The van der Waals surface area contributed by atoms with Gasteiger partial charge >= 0.3 is 12.1 Å². The Labute approximate surface area is 194 Å². The molecule has 0 bridgehead atoms. The summed E-state index contributed by atoms with van der Waals surface area (Å²) in [5.41, 5.74) is 2.77. The number of alkyl halides is 3. The molecule has 3 aromatic carbocycles. The van der Waals surface area contributed by atoms with Crippen molar-refractivity contribution in [2.24, 2.45) is 0 Å². The van der Waals surface area contributed by atoms with E-state index in [-0.39, 0.29) is 5.75 Å². The maximum Gasteiger partial charge on any atom is 0.491 e. The molecule has 0 aliphatic carbocycles. The molecule has 2 atom stereocenters. The Morgan fingerprint density at radius 2 is 1.27 bits per heavy atom. The van der Waals surface area contributed by atoms with Crippen molar-refractivity contribution in [3.05, 3.63) is 108 Å². The molecule has 33 heavy (non-hydrogen) atoms. The highest BCUT2D eigenvalue weighted by Crippen LogP contribution is 2.39. The monoisotopic (exact) mass is 472 g/mol. The number of carbonyl (C=O) groups excluding carboxylic acids is 1. The van der Waals surface area contributed by atoms with Gasteiger partial charge in [-0.15, -0.1) is 11.8 Å². The van der Waals surface area contributed by atoms with Gasteiger partial charge in [-0.2, -0.15) is 13.2 Å². The van der Waals surface area contributed by atoms with Gasteiger partial charge in [0.1, 0.15) is 0 Å². The Morgan fingerprint density at radius 1 is 0.818 bits per heavy atom. The van der Waals surface area contributed by atoms with Gasteiger partial charge in [-0.25, -0.2) is 4.79 Å². The maximum atomic E-state index is 13.2. The molecule has 2 N–H and O–H groups in total. The molecule has 1 fully saturated rings. The zero-order valence-corrected chi connectivity index (χ0v) is 18.4. The van der Waals surface area contributed by atoms with E-state index in [9.17, 15) is 18.0 Å². The highest BCUT2D eigenvalue weighted by atomic mass is 32.2. The van der Waals surface area contributed by atoms with Crippen LogP contribution in [0.5, 0.6) is 0 Å². The Hall–Kier alpha value is -2.81. The summed E-state index contributed by atoms with van der Waals surface area (Å²) >= 11 is 1.38. The lowest BCUT2D eigenvalue weighted by atomic mass is 9.95. The van der Waals surface area contributed by atoms with Gasteiger partial charge in [0, 0.05) is 5.75 Å². The van der Waals surface area contributed by atoms with Crippen LogP contribution in [0.2, 0.25) is 0 Å². The lowest BCUT2D eigenvalue weighted by molar-refractivity contribution is -0.216. The van der Waals surface area contributed by atoms with Crippen molar-refractivity contribution in [2.45, 2.75) is 29.9 Å². The molecular weight excluding hydrogens is 449 g/mol. The molecule has 2 unspecified atom stereocenters. The predicted octanol–water partition coefficient (Wildman–Crippen LogP) is 5.35. The minimum atomic E-state index is -5.10. The van der Waals surface area contributed by atoms with Crippen molar-refractivity contribution in [1.82, 2.24) is 10.6 Å². The van der Waals surface area contributed by atoms with E-state index in [0.717, 1.165) is 16.7 Å². The van der Waals surface area contributed by atoms with Crippen LogP contribution in [0, 0.1) is 0 Å². The van der Waals surface area contributed by atoms with Gasteiger partial charge in [0.25, 0.3) is 0 Å². The van der Waals surface area contributed by atoms with E-state index >= 15 is 0 Å². The molecule has 0 saturated carbocycles. The van der Waals surface area contributed by atoms with Crippen molar-refractivity contribution in [3.8, 4) is 0 Å². The molecule has 0 amide bonds. The smallest absolute Gasteiger partial charge is 0.423 e. The molecule has 4 nitrogen and oxygen atoms in total. The number of thioether (sulfide) groups is 1. The highest BCUT2D eigenvalue weighted by molar-refractivity contribution is 7.98. The van der Waals surface area contributed by atoms with Crippen molar-refractivity contribution in [2.75, 3.05) is 5.75 Å². The van der Waals surface area contributed by atoms with Crippen LogP contribution in [0.25, 0.3) is 0 Å². The first kappa shape index (κ1) is 23.4. The third-order valence-corrected chi connectivity index (χ3v) is 6.49. The molecule has 0 aromatic heterocycles. The number of hydrogen-bond acceptors (Lipinski definition) is 5. The molecule has 1 saturated heterocycles. The van der Waals surface area contributed by atoms with Crippen LogP contribution >= 0.6 is 11.8 Å². The van der Waals surface area contributed by atoms with Crippen LogP contribution in [0.15, 0.2) is 91.0 Å². The maximum absolute atomic E-state index is 13.2. The zero-order valence-electron chi connectivity index (χ0n) is 17.6. The van der Waals surface area contributed by atoms with Crippen LogP contribution in [-0.2, 0) is 15.3 Å². The van der Waals surface area contributed by atoms with Gasteiger partial charge in [0.2, 0.25) is 5.85 Å². The van der Waals surface area contributed by atoms with Gasteiger partial charge in [0.15, 0.2) is 0 Å². The topological polar surface area (TPSA) is 50.4 Å². The second-order valence-corrected chi connectivity index (χ2v) is 8.74. The summed E-state index contributed by atoms with van der Waals surface area (Å²) in [6, 6.07) is 27.6. The number of esters is 1. The van der Waals surface area contributed by atoms with Gasteiger partial charge in [0.05, 0.1) is 17.8 Å². The summed E-state index contributed by atoms with van der Waals surface area (Å²) < 4.78 is 44.6. The minimum absolute atomic E-state index is 0.0797. The number of rotatable bonds is 7. The molecule has 3 aromatic rings. The number of hydrogen-bond donors (Lipinski definition) is 2. The van der Waals surface area contributed by atoms with Crippen LogP contribution < -0.4 is 10.6 Å². The zero-order chi connectivity index (χ0) is 23.3. The quantitative estimate of drug-likeness (QED) is 0.454. The summed E-state index contributed by atoms with van der Waals surface area (Å²) in [5.74, 6) is -3.30. The molecule has 1 aliphatic heterocycles. The van der Waals surface area contributed by atoms with E-state index in [1.54, 1.807) is 0 Å². The standard InChI is InChI=1S/C25H23F3N2O2S/c26-25(27,28)23(31)32-24(17-33-16-18-10-4-1-5-11-18)29-21(19-12-6-2-7-13-19)22(30-24)20-14-8-3-9-15-20/h1-15,21-22,29-30H,16-17H2. The fourth-order valence-electron chi connectivity index (χ4n) is 3.86. The van der Waals surface area contributed by atoms with Crippen LogP contribution in [0.1, 0.15) is 28.8 Å². The fraction of sp³-hybridized carbons (Fsp3) is 0.240. The van der Waals surface area contributed by atoms with E-state index in [1.165, 1.54) is 11.8 Å². The Morgan fingerprint density at radius 3 is 1.73 bits per heavy atom. The number of carbonyl (C=O) groups is 1. The van der Waals surface area contributed by atoms with Crippen molar-refractivity contribution >= 4 is 17.7 Å². The largest absolute Gasteiger partial charge is 0.491 e. The van der Waals surface area contributed by atoms with E-state index in [2.05, 4.69) is 10.6 Å². The van der Waals surface area contributed by atoms with E-state index in [4.69, 9.17) is 4.74 Å². The second kappa shape index (κ2) is 9.99. The first-order chi connectivity index (χ1) is 15.9. The van der Waals surface area contributed by atoms with Crippen LogP contribution in [0.3, 0.4) is 0 Å². The third-order valence-electron chi connectivity index (χ3n) is 5.34. The van der Waals surface area contributed by atoms with Crippen LogP contribution in [-0.4, -0.2) is 23.7 Å². The van der Waals surface area contributed by atoms with E-state index < -0.39 is 30.1 Å². The average molecular weight is 473 g/mol. The van der Waals surface area contributed by atoms with Gasteiger partial charge in [-0.3, -0.25) is 10.6 Å². The molecule has 1 heterocycles. The fourth-order valence-corrected chi connectivity index (χ4v) is 4.90. The Balaban J connectivity index is 1.64. The predicted molar refractivity (Wildman–Crippen MR) is 122 cm³/mol. The third kappa shape index (κ3) is 5.76. The lowest BCUT2D eigenvalue weighted by Gasteiger charge is -2.30. The normalized spacial score (nSPS) is 22.8. The van der Waals surface area contributed by atoms with Gasteiger partial charge in [-0.1, -0.05) is 91.0 Å². The van der Waals surface area contributed by atoms with Crippen molar-refractivity contribution < 1.29 is 22.7 Å². The molecule has 0 spiro atoms. The van der Waals surface area contributed by atoms with Crippen LogP contribution in [0.4, 0.5) is 13.2 Å². The van der Waals surface area contributed by atoms with E-state index in [0.29, 0.717) is 5.75 Å². The van der Waals surface area contributed by atoms with Gasteiger partial charge in [-0.05, 0) is 16.7 Å². The average Bonchev–Trinajstić information content (AvgIpc) is 3.20. The SMILES string of the molecule is O=C(OC1(CSCc2ccccc2)NC(c2ccccc2)C(c2ccccc2)N1)C(F)(F)F. The molecule has 0 radical (unpaired) electrons. The van der Waals surface area contributed by atoms with E-state index in [1.807, 2.05) is 91.0 Å². The second-order valence-electron chi connectivity index (χ2n) is 7.76. The minimum Gasteiger partial charge on any atom is -0.423 e. The lowest BCUT2D eigenvalue weighted by Crippen LogP contribution is -2.57. The molecule has 4 rings (SSSR count). The summed E-state index contributed by atoms with van der Waals surface area (Å²) in [5, 5.41) is 6.37. The first-order valence-corrected chi connectivity index (χ1v) is 11.6. The van der Waals surface area contributed by atoms with Gasteiger partial charge < -0.3 is 4.74 Å². The number of nitrogens with one attached hydrogen (secondary N) is 2. The summed E-state index contributed by atoms with van der Waals surface area (Å²) in [7, 11) is 0. The summed E-state index contributed by atoms with van der Waals surface area (Å²) in [6.45, 7) is 0. The Kier molecular flexibility index (Phi) is 7.07. The molecular formula is C25H23F3N2O2S. The first-order valence-electron chi connectivity index (χ1n) is 10.4. The summed E-state index contributed by atoms with van der Waals surface area (Å²) in [4.78, 5) is 11.9. The molecule has 172 valence electrons.